The summed E-state index contributed by atoms with van der Waals surface area (Å²) in [6.45, 7) is 0. The van der Waals surface area contributed by atoms with Gasteiger partial charge in [-0.1, -0.05) is 11.6 Å². The molecule has 2 rings (SSSR count). The van der Waals surface area contributed by atoms with Crippen molar-refractivity contribution in [3.8, 4) is 5.75 Å². The van der Waals surface area contributed by atoms with Crippen molar-refractivity contribution in [2.75, 3.05) is 26.1 Å². The van der Waals surface area contributed by atoms with Crippen LogP contribution < -0.4 is 9.64 Å². The van der Waals surface area contributed by atoms with Crippen LogP contribution in [-0.4, -0.2) is 27.0 Å². The third kappa shape index (κ3) is 3.76. The summed E-state index contributed by atoms with van der Waals surface area (Å²) in [5.74, 6) is 0.721. The Labute approximate surface area is 130 Å². The lowest BCUT2D eigenvalue weighted by atomic mass is 10.0. The van der Waals surface area contributed by atoms with Gasteiger partial charge >= 0.3 is 0 Å². The Morgan fingerprint density at radius 3 is 2.38 bits per heavy atom. The van der Waals surface area contributed by atoms with E-state index in [0.29, 0.717) is 16.3 Å². The van der Waals surface area contributed by atoms with Gasteiger partial charge in [0, 0.05) is 42.4 Å². The van der Waals surface area contributed by atoms with E-state index < -0.39 is 0 Å². The van der Waals surface area contributed by atoms with Crippen molar-refractivity contribution in [1.29, 1.82) is 0 Å². The summed E-state index contributed by atoms with van der Waals surface area (Å²) in [7, 11) is 5.52. The number of ether oxygens (including phenoxy) is 1. The fourth-order valence-corrected chi connectivity index (χ4v) is 2.30. The Morgan fingerprint density at radius 2 is 1.81 bits per heavy atom. The second-order valence-electron chi connectivity index (χ2n) is 5.00. The average Bonchev–Trinajstić information content (AvgIpc) is 2.47. The minimum atomic E-state index is 0.0425. The fraction of sp³-hybridized carbons (Fsp3) is 0.235. The van der Waals surface area contributed by atoms with Crippen molar-refractivity contribution in [2.45, 2.75) is 6.42 Å². The van der Waals surface area contributed by atoms with Crippen LogP contribution in [0.1, 0.15) is 15.9 Å². The SMILES string of the molecule is COc1ccc(Cl)cc1CC(=O)c1ccc(N(C)C)cc1. The van der Waals surface area contributed by atoms with Crippen LogP contribution in [0.15, 0.2) is 42.5 Å². The molecule has 21 heavy (non-hydrogen) atoms. The highest BCUT2D eigenvalue weighted by molar-refractivity contribution is 6.30. The first-order valence-corrected chi connectivity index (χ1v) is 7.02. The molecule has 3 nitrogen and oxygen atoms in total. The largest absolute Gasteiger partial charge is 0.496 e. The molecule has 0 unspecified atom stereocenters. The molecule has 0 atom stereocenters. The van der Waals surface area contributed by atoms with E-state index in [1.807, 2.05) is 43.3 Å². The number of Topliss-reactive ketones (excluding diaryl/α,β-unsaturated/α-hetero) is 1. The van der Waals surface area contributed by atoms with Gasteiger partial charge in [-0.15, -0.1) is 0 Å². The van der Waals surface area contributed by atoms with Gasteiger partial charge in [-0.2, -0.15) is 0 Å². The van der Waals surface area contributed by atoms with Gasteiger partial charge < -0.3 is 9.64 Å². The van der Waals surface area contributed by atoms with Crippen molar-refractivity contribution in [3.05, 3.63) is 58.6 Å². The summed E-state index contributed by atoms with van der Waals surface area (Å²) in [5.41, 5.74) is 2.54. The number of carbonyl (C=O) groups excluding carboxylic acids is 1. The van der Waals surface area contributed by atoms with Crippen LogP contribution in [0.3, 0.4) is 0 Å². The molecular formula is C17H18ClNO2. The lowest BCUT2D eigenvalue weighted by Crippen LogP contribution is -2.09. The molecule has 2 aromatic carbocycles. The van der Waals surface area contributed by atoms with Crippen LogP contribution in [0.25, 0.3) is 0 Å². The lowest BCUT2D eigenvalue weighted by molar-refractivity contribution is 0.0992. The molecule has 0 fully saturated rings. The van der Waals surface area contributed by atoms with Crippen molar-refractivity contribution >= 4 is 23.1 Å². The first-order valence-electron chi connectivity index (χ1n) is 6.64. The topological polar surface area (TPSA) is 29.5 Å². The molecule has 0 saturated carbocycles. The Balaban J connectivity index is 2.19. The lowest BCUT2D eigenvalue weighted by Gasteiger charge is -2.13. The van der Waals surface area contributed by atoms with E-state index in [1.165, 1.54) is 0 Å². The van der Waals surface area contributed by atoms with E-state index in [9.17, 15) is 4.79 Å². The van der Waals surface area contributed by atoms with Crippen LogP contribution in [0, 0.1) is 0 Å². The second kappa shape index (κ2) is 6.64. The van der Waals surface area contributed by atoms with Crippen molar-refractivity contribution in [2.24, 2.45) is 0 Å². The molecule has 0 aliphatic rings. The van der Waals surface area contributed by atoms with Crippen molar-refractivity contribution < 1.29 is 9.53 Å². The molecular weight excluding hydrogens is 286 g/mol. The summed E-state index contributed by atoms with van der Waals surface area (Å²) in [6, 6.07) is 12.8. The smallest absolute Gasteiger partial charge is 0.167 e. The number of ketones is 1. The van der Waals surface area contributed by atoms with Crippen molar-refractivity contribution in [1.82, 2.24) is 0 Å². The Bertz CT molecular complexity index is 636. The van der Waals surface area contributed by atoms with Gasteiger partial charge in [-0.25, -0.2) is 0 Å². The highest BCUT2D eigenvalue weighted by Gasteiger charge is 2.12. The Hall–Kier alpha value is -2.00. The molecule has 0 heterocycles. The number of halogens is 1. The number of hydrogen-bond donors (Lipinski definition) is 0. The zero-order valence-corrected chi connectivity index (χ0v) is 13.1. The summed E-state index contributed by atoms with van der Waals surface area (Å²) in [6.07, 6.45) is 0.269. The van der Waals surface area contributed by atoms with Gasteiger partial charge in [-0.3, -0.25) is 4.79 Å². The van der Waals surface area contributed by atoms with Crippen LogP contribution in [0.2, 0.25) is 5.02 Å². The number of carbonyl (C=O) groups is 1. The van der Waals surface area contributed by atoms with Gasteiger partial charge in [0.15, 0.2) is 5.78 Å². The number of methoxy groups -OCH3 is 1. The van der Waals surface area contributed by atoms with E-state index in [-0.39, 0.29) is 12.2 Å². The summed E-state index contributed by atoms with van der Waals surface area (Å²) in [4.78, 5) is 14.4. The van der Waals surface area contributed by atoms with Crippen LogP contribution in [0.4, 0.5) is 5.69 Å². The first kappa shape index (κ1) is 15.4. The van der Waals surface area contributed by atoms with Gasteiger partial charge in [0.05, 0.1) is 7.11 Å². The predicted molar refractivity (Wildman–Crippen MR) is 86.8 cm³/mol. The molecule has 0 amide bonds. The zero-order chi connectivity index (χ0) is 15.4. The zero-order valence-electron chi connectivity index (χ0n) is 12.4. The van der Waals surface area contributed by atoms with Gasteiger partial charge in [0.1, 0.15) is 5.75 Å². The number of benzene rings is 2. The van der Waals surface area contributed by atoms with Crippen molar-refractivity contribution in [3.63, 3.8) is 0 Å². The maximum absolute atomic E-state index is 12.4. The second-order valence-corrected chi connectivity index (χ2v) is 5.43. The quantitative estimate of drug-likeness (QED) is 0.786. The molecule has 0 radical (unpaired) electrons. The molecule has 0 saturated heterocycles. The minimum Gasteiger partial charge on any atom is -0.496 e. The standard InChI is InChI=1S/C17H18ClNO2/c1-19(2)15-7-4-12(5-8-15)16(20)11-13-10-14(18)6-9-17(13)21-3/h4-10H,11H2,1-3H3. The fourth-order valence-electron chi connectivity index (χ4n) is 2.11. The third-order valence-corrected chi connectivity index (χ3v) is 3.53. The van der Waals surface area contributed by atoms with E-state index >= 15 is 0 Å². The van der Waals surface area contributed by atoms with E-state index in [2.05, 4.69) is 0 Å². The molecule has 0 aliphatic carbocycles. The number of hydrogen-bond acceptors (Lipinski definition) is 3. The molecule has 0 aliphatic heterocycles. The third-order valence-electron chi connectivity index (χ3n) is 3.30. The number of anilines is 1. The van der Waals surface area contributed by atoms with Gasteiger partial charge in [0.2, 0.25) is 0 Å². The van der Waals surface area contributed by atoms with Crippen LogP contribution in [-0.2, 0) is 6.42 Å². The normalized spacial score (nSPS) is 10.3. The van der Waals surface area contributed by atoms with E-state index in [4.69, 9.17) is 16.3 Å². The van der Waals surface area contributed by atoms with Crippen LogP contribution >= 0.6 is 11.6 Å². The summed E-state index contributed by atoms with van der Waals surface area (Å²) < 4.78 is 5.27. The maximum atomic E-state index is 12.4. The number of rotatable bonds is 5. The minimum absolute atomic E-state index is 0.0425. The Morgan fingerprint density at radius 1 is 1.14 bits per heavy atom. The average molecular weight is 304 g/mol. The van der Waals surface area contributed by atoms with Gasteiger partial charge in [-0.05, 0) is 42.5 Å². The highest BCUT2D eigenvalue weighted by Crippen LogP contribution is 2.24. The van der Waals surface area contributed by atoms with E-state index in [0.717, 1.165) is 11.3 Å². The molecule has 4 heteroatoms. The predicted octanol–water partition coefficient (Wildman–Crippen LogP) is 3.84. The molecule has 110 valence electrons. The highest BCUT2D eigenvalue weighted by atomic mass is 35.5. The molecule has 0 N–H and O–H groups in total. The summed E-state index contributed by atoms with van der Waals surface area (Å²) in [5, 5.41) is 0.599. The number of nitrogens with zero attached hydrogens (tertiary/aromatic N) is 1. The molecule has 0 spiro atoms. The first-order chi connectivity index (χ1) is 10.0. The molecule has 0 bridgehead atoms. The van der Waals surface area contributed by atoms with E-state index in [1.54, 1.807) is 25.3 Å². The van der Waals surface area contributed by atoms with Gasteiger partial charge in [0.25, 0.3) is 0 Å². The van der Waals surface area contributed by atoms with Crippen LogP contribution in [0.5, 0.6) is 5.75 Å². The molecule has 0 aromatic heterocycles. The maximum Gasteiger partial charge on any atom is 0.167 e. The monoisotopic (exact) mass is 303 g/mol. The summed E-state index contributed by atoms with van der Waals surface area (Å²) >= 11 is 5.99. The molecule has 2 aromatic rings. The Kier molecular flexibility index (Phi) is 4.86.